The molecule has 3 rings (SSSR count). The van der Waals surface area contributed by atoms with Crippen molar-refractivity contribution in [3.63, 3.8) is 0 Å². The van der Waals surface area contributed by atoms with Gasteiger partial charge < -0.3 is 19.5 Å². The molecule has 7 heteroatoms. The second-order valence-corrected chi connectivity index (χ2v) is 5.74. The molecule has 2 N–H and O–H groups in total. The Labute approximate surface area is 151 Å². The molecule has 1 heterocycles. The van der Waals surface area contributed by atoms with Gasteiger partial charge in [-0.05, 0) is 29.8 Å². The molecule has 1 aliphatic heterocycles. The van der Waals surface area contributed by atoms with Crippen molar-refractivity contribution in [2.24, 2.45) is 0 Å². The minimum absolute atomic E-state index is 0.165. The van der Waals surface area contributed by atoms with Gasteiger partial charge in [0.25, 0.3) is 5.91 Å². The molecule has 7 nitrogen and oxygen atoms in total. The summed E-state index contributed by atoms with van der Waals surface area (Å²) in [4.78, 5) is 24.1. The number of anilines is 2. The Morgan fingerprint density at radius 2 is 1.85 bits per heavy atom. The number of para-hydroxylation sites is 1. The molecular weight excluding hydrogens is 336 g/mol. The molecule has 0 aliphatic carbocycles. The summed E-state index contributed by atoms with van der Waals surface area (Å²) in [6.45, 7) is 0.492. The first-order chi connectivity index (χ1) is 12.7. The summed E-state index contributed by atoms with van der Waals surface area (Å²) in [5, 5.41) is 5.41. The molecule has 2 aromatic carbocycles. The highest BCUT2D eigenvalue weighted by atomic mass is 16.6. The van der Waals surface area contributed by atoms with E-state index in [2.05, 4.69) is 10.6 Å². The van der Waals surface area contributed by atoms with Gasteiger partial charge in [0.05, 0.1) is 6.61 Å². The van der Waals surface area contributed by atoms with E-state index in [9.17, 15) is 9.59 Å². The van der Waals surface area contributed by atoms with Crippen molar-refractivity contribution in [1.29, 1.82) is 0 Å². The maximum Gasteiger partial charge on any atom is 0.411 e. The monoisotopic (exact) mass is 356 g/mol. The second-order valence-electron chi connectivity index (χ2n) is 5.74. The van der Waals surface area contributed by atoms with Crippen LogP contribution < -0.4 is 15.4 Å². The predicted octanol–water partition coefficient (Wildman–Crippen LogP) is 2.82. The molecule has 1 atom stereocenters. The van der Waals surface area contributed by atoms with Crippen molar-refractivity contribution in [1.82, 2.24) is 0 Å². The number of carbonyl (C=O) groups excluding carboxylic acids is 2. The molecule has 0 saturated heterocycles. The number of fused-ring (bicyclic) bond motifs is 1. The highest BCUT2D eigenvalue weighted by Gasteiger charge is 2.28. The van der Waals surface area contributed by atoms with Crippen LogP contribution in [0.25, 0.3) is 0 Å². The fourth-order valence-corrected chi connectivity index (χ4v) is 2.60. The number of amides is 2. The molecule has 2 amide bonds. The van der Waals surface area contributed by atoms with Crippen LogP contribution in [0.5, 0.6) is 5.75 Å². The van der Waals surface area contributed by atoms with Gasteiger partial charge in [-0.1, -0.05) is 24.3 Å². The summed E-state index contributed by atoms with van der Waals surface area (Å²) >= 11 is 0. The molecule has 0 spiro atoms. The quantitative estimate of drug-likeness (QED) is 0.778. The topological polar surface area (TPSA) is 85.9 Å². The van der Waals surface area contributed by atoms with Crippen molar-refractivity contribution >= 4 is 23.4 Å². The van der Waals surface area contributed by atoms with Crippen molar-refractivity contribution in [3.05, 3.63) is 54.1 Å². The molecule has 0 saturated carbocycles. The first-order valence-corrected chi connectivity index (χ1v) is 8.24. The average Bonchev–Trinajstić information content (AvgIpc) is 3.06. The SMILES string of the molecule is COCCOC(=O)Nc1cccc(NC(=O)C2Cc3ccccc3O2)c1. The maximum atomic E-state index is 12.4. The van der Waals surface area contributed by atoms with E-state index in [0.29, 0.717) is 24.4 Å². The number of nitrogens with one attached hydrogen (secondary N) is 2. The Morgan fingerprint density at radius 1 is 1.08 bits per heavy atom. The Balaban J connectivity index is 1.55. The first-order valence-electron chi connectivity index (χ1n) is 8.24. The third kappa shape index (κ3) is 4.52. The Kier molecular flexibility index (Phi) is 5.70. The van der Waals surface area contributed by atoms with E-state index < -0.39 is 12.2 Å². The van der Waals surface area contributed by atoms with Crippen LogP contribution >= 0.6 is 0 Å². The van der Waals surface area contributed by atoms with Gasteiger partial charge >= 0.3 is 6.09 Å². The van der Waals surface area contributed by atoms with E-state index in [0.717, 1.165) is 11.3 Å². The Morgan fingerprint density at radius 3 is 2.62 bits per heavy atom. The van der Waals surface area contributed by atoms with Crippen molar-refractivity contribution < 1.29 is 23.8 Å². The number of ether oxygens (including phenoxy) is 3. The van der Waals surface area contributed by atoms with Gasteiger partial charge in [-0.2, -0.15) is 0 Å². The average molecular weight is 356 g/mol. The molecule has 26 heavy (non-hydrogen) atoms. The van der Waals surface area contributed by atoms with Gasteiger partial charge in [-0.3, -0.25) is 10.1 Å². The molecule has 0 fully saturated rings. The third-order valence-corrected chi connectivity index (χ3v) is 3.84. The summed E-state index contributed by atoms with van der Waals surface area (Å²) < 4.78 is 15.4. The van der Waals surface area contributed by atoms with Crippen LogP contribution in [-0.2, 0) is 20.7 Å². The van der Waals surface area contributed by atoms with E-state index in [1.54, 1.807) is 24.3 Å². The molecule has 0 radical (unpaired) electrons. The standard InChI is InChI=1S/C19H20N2O5/c1-24-9-10-25-19(23)21-15-7-4-6-14(12-15)20-18(22)17-11-13-5-2-3-8-16(13)26-17/h2-8,12,17H,9-11H2,1H3,(H,20,22)(H,21,23). The van der Waals surface area contributed by atoms with E-state index in [1.165, 1.54) is 7.11 Å². The summed E-state index contributed by atoms with van der Waals surface area (Å²) in [5.74, 6) is 0.503. The fourth-order valence-electron chi connectivity index (χ4n) is 2.60. The lowest BCUT2D eigenvalue weighted by molar-refractivity contribution is -0.122. The molecule has 0 aromatic heterocycles. The zero-order valence-corrected chi connectivity index (χ0v) is 14.4. The van der Waals surface area contributed by atoms with Crippen LogP contribution in [0.3, 0.4) is 0 Å². The smallest absolute Gasteiger partial charge is 0.411 e. The summed E-state index contributed by atoms with van der Waals surface area (Å²) in [6.07, 6.45) is -0.616. The summed E-state index contributed by atoms with van der Waals surface area (Å²) in [6, 6.07) is 14.4. The van der Waals surface area contributed by atoms with Crippen LogP contribution in [0.1, 0.15) is 5.56 Å². The van der Waals surface area contributed by atoms with Gasteiger partial charge in [-0.25, -0.2) is 4.79 Å². The number of rotatable bonds is 6. The van der Waals surface area contributed by atoms with Crippen molar-refractivity contribution in [2.45, 2.75) is 12.5 Å². The number of benzene rings is 2. The number of carbonyl (C=O) groups is 2. The summed E-state index contributed by atoms with van der Waals surface area (Å²) in [5.41, 5.74) is 2.09. The zero-order chi connectivity index (χ0) is 18.4. The lowest BCUT2D eigenvalue weighted by Crippen LogP contribution is -2.31. The first kappa shape index (κ1) is 17.8. The van der Waals surface area contributed by atoms with Crippen LogP contribution in [0.15, 0.2) is 48.5 Å². The fraction of sp³-hybridized carbons (Fsp3) is 0.263. The highest BCUT2D eigenvalue weighted by Crippen LogP contribution is 2.28. The van der Waals surface area contributed by atoms with E-state index in [1.807, 2.05) is 24.3 Å². The van der Waals surface area contributed by atoms with Gasteiger partial charge in [0.1, 0.15) is 12.4 Å². The van der Waals surface area contributed by atoms with Crippen molar-refractivity contribution in [2.75, 3.05) is 31.0 Å². The van der Waals surface area contributed by atoms with Crippen LogP contribution in [-0.4, -0.2) is 38.4 Å². The Bertz CT molecular complexity index is 768. The number of methoxy groups -OCH3 is 1. The molecule has 0 bridgehead atoms. The summed E-state index contributed by atoms with van der Waals surface area (Å²) in [7, 11) is 1.53. The number of hydrogen-bond donors (Lipinski definition) is 2. The van der Waals surface area contributed by atoms with Crippen LogP contribution in [0, 0.1) is 0 Å². The predicted molar refractivity (Wildman–Crippen MR) is 96.5 cm³/mol. The van der Waals surface area contributed by atoms with E-state index >= 15 is 0 Å². The Hall–Kier alpha value is -3.06. The van der Waals surface area contributed by atoms with Gasteiger partial charge in [-0.15, -0.1) is 0 Å². The molecular formula is C19H20N2O5. The van der Waals surface area contributed by atoms with Crippen LogP contribution in [0.2, 0.25) is 0 Å². The van der Waals surface area contributed by atoms with Crippen LogP contribution in [0.4, 0.5) is 16.2 Å². The molecule has 1 aliphatic rings. The zero-order valence-electron chi connectivity index (χ0n) is 14.4. The van der Waals surface area contributed by atoms with Gasteiger partial charge in [0.15, 0.2) is 6.10 Å². The molecule has 2 aromatic rings. The van der Waals surface area contributed by atoms with Gasteiger partial charge in [0, 0.05) is 24.9 Å². The molecule has 1 unspecified atom stereocenters. The lowest BCUT2D eigenvalue weighted by Gasteiger charge is -2.12. The minimum Gasteiger partial charge on any atom is -0.480 e. The molecule has 136 valence electrons. The lowest BCUT2D eigenvalue weighted by atomic mass is 10.1. The highest BCUT2D eigenvalue weighted by molar-refractivity contribution is 5.96. The normalized spacial score (nSPS) is 14.9. The van der Waals surface area contributed by atoms with E-state index in [4.69, 9.17) is 14.2 Å². The largest absolute Gasteiger partial charge is 0.480 e. The minimum atomic E-state index is -0.583. The number of hydrogen-bond acceptors (Lipinski definition) is 5. The third-order valence-electron chi connectivity index (χ3n) is 3.84. The van der Waals surface area contributed by atoms with Crippen molar-refractivity contribution in [3.8, 4) is 5.75 Å². The van der Waals surface area contributed by atoms with Gasteiger partial charge in [0.2, 0.25) is 0 Å². The maximum absolute atomic E-state index is 12.4. The van der Waals surface area contributed by atoms with E-state index in [-0.39, 0.29) is 12.5 Å². The second kappa shape index (κ2) is 8.35.